The lowest BCUT2D eigenvalue weighted by molar-refractivity contribution is -0.130. The highest BCUT2D eigenvalue weighted by Gasteiger charge is 2.18. The third-order valence-corrected chi connectivity index (χ3v) is 5.53. The summed E-state index contributed by atoms with van der Waals surface area (Å²) in [5.74, 6) is 0.682. The van der Waals surface area contributed by atoms with Gasteiger partial charge in [0.1, 0.15) is 23.0 Å². The van der Waals surface area contributed by atoms with Gasteiger partial charge >= 0.3 is 11.9 Å². The molecule has 0 aliphatic carbocycles. The number of hydrogen-bond donors (Lipinski definition) is 0. The number of benzene rings is 3. The molecule has 0 aromatic heterocycles. The highest BCUT2D eigenvalue weighted by Crippen LogP contribution is 2.42. The summed E-state index contributed by atoms with van der Waals surface area (Å²) in [5, 5.41) is 0. The zero-order chi connectivity index (χ0) is 28.4. The zero-order valence-corrected chi connectivity index (χ0v) is 22.6. The molecular weight excluding hydrogens is 496 g/mol. The smallest absolute Gasteiger partial charge is 0.338 e. The van der Waals surface area contributed by atoms with Gasteiger partial charge < -0.3 is 18.9 Å². The maximum absolute atomic E-state index is 12.6. The summed E-state index contributed by atoms with van der Waals surface area (Å²) in [7, 11) is 0. The van der Waals surface area contributed by atoms with Gasteiger partial charge in [-0.05, 0) is 74.7 Å². The fraction of sp³-hybridized carbons (Fsp3) is 0.219. The van der Waals surface area contributed by atoms with Crippen molar-refractivity contribution in [2.75, 3.05) is 6.61 Å². The van der Waals surface area contributed by atoms with Gasteiger partial charge in [0, 0.05) is 22.8 Å². The summed E-state index contributed by atoms with van der Waals surface area (Å²) in [4.78, 5) is 35.3. The molecule has 0 saturated carbocycles. The Morgan fingerprint density at radius 3 is 1.92 bits per heavy atom. The standard InChI is InChI=1S/C32H32O7/c1-6-7-16-36-29-18-28(24-8-12-25(13-9-24)37-20-33)30(39-31(34)17-21(2)3)19-27(29)23-10-14-26(15-11-23)38-32(35)22(4)5/h8-15,17-20H,4,6-7,16H2,1-3,5H3. The van der Waals surface area contributed by atoms with E-state index in [2.05, 4.69) is 13.5 Å². The van der Waals surface area contributed by atoms with Crippen molar-refractivity contribution in [3.63, 3.8) is 0 Å². The Hall–Kier alpha value is -4.65. The predicted molar refractivity (Wildman–Crippen MR) is 150 cm³/mol. The first-order chi connectivity index (χ1) is 18.7. The van der Waals surface area contributed by atoms with Gasteiger partial charge in [0.15, 0.2) is 0 Å². The van der Waals surface area contributed by atoms with Crippen molar-refractivity contribution in [1.29, 1.82) is 0 Å². The molecule has 0 amide bonds. The second-order valence-electron chi connectivity index (χ2n) is 9.12. The molecule has 0 aliphatic heterocycles. The molecule has 0 atom stereocenters. The first-order valence-electron chi connectivity index (χ1n) is 12.6. The number of rotatable bonds is 12. The molecule has 39 heavy (non-hydrogen) atoms. The summed E-state index contributed by atoms with van der Waals surface area (Å²) in [6.07, 6.45) is 3.24. The molecule has 0 heterocycles. The predicted octanol–water partition coefficient (Wildman–Crippen LogP) is 7.09. The topological polar surface area (TPSA) is 88.1 Å². The Labute approximate surface area is 228 Å². The Morgan fingerprint density at radius 1 is 0.821 bits per heavy atom. The van der Waals surface area contributed by atoms with E-state index in [9.17, 15) is 14.4 Å². The monoisotopic (exact) mass is 528 g/mol. The molecule has 0 radical (unpaired) electrons. The van der Waals surface area contributed by atoms with Crippen LogP contribution in [0.3, 0.4) is 0 Å². The molecule has 3 rings (SSSR count). The van der Waals surface area contributed by atoms with E-state index in [0.29, 0.717) is 52.8 Å². The lowest BCUT2D eigenvalue weighted by Crippen LogP contribution is -2.08. The number of allylic oxidation sites excluding steroid dienone is 1. The molecule has 0 saturated heterocycles. The number of unbranched alkanes of at least 4 members (excludes halogenated alkanes) is 1. The molecule has 0 spiro atoms. The normalized spacial score (nSPS) is 10.3. The molecule has 202 valence electrons. The van der Waals surface area contributed by atoms with Crippen LogP contribution in [0.2, 0.25) is 0 Å². The van der Waals surface area contributed by atoms with Crippen LogP contribution < -0.4 is 18.9 Å². The van der Waals surface area contributed by atoms with Crippen molar-refractivity contribution >= 4 is 18.4 Å². The molecule has 0 unspecified atom stereocenters. The molecule has 0 N–H and O–H groups in total. The van der Waals surface area contributed by atoms with E-state index in [1.165, 1.54) is 6.08 Å². The average Bonchev–Trinajstić information content (AvgIpc) is 2.90. The quantitative estimate of drug-likeness (QED) is 0.0815. The maximum Gasteiger partial charge on any atom is 0.338 e. The molecule has 7 heteroatoms. The Bertz CT molecular complexity index is 1360. The summed E-state index contributed by atoms with van der Waals surface area (Å²) < 4.78 is 22.2. The minimum Gasteiger partial charge on any atom is -0.493 e. The van der Waals surface area contributed by atoms with Crippen LogP contribution in [0.25, 0.3) is 22.3 Å². The van der Waals surface area contributed by atoms with E-state index >= 15 is 0 Å². The van der Waals surface area contributed by atoms with E-state index in [4.69, 9.17) is 18.9 Å². The minimum absolute atomic E-state index is 0.301. The third-order valence-electron chi connectivity index (χ3n) is 5.53. The zero-order valence-electron chi connectivity index (χ0n) is 22.6. The SMILES string of the molecule is C=C(C)C(=O)Oc1ccc(-c2cc(OC(=O)C=C(C)C)c(-c3ccc(OC=O)cc3)cc2OCCCC)cc1. The van der Waals surface area contributed by atoms with Crippen LogP contribution in [0.5, 0.6) is 23.0 Å². The Balaban J connectivity index is 2.12. The van der Waals surface area contributed by atoms with E-state index in [1.807, 2.05) is 19.9 Å². The van der Waals surface area contributed by atoms with Gasteiger partial charge in [-0.25, -0.2) is 9.59 Å². The van der Waals surface area contributed by atoms with Crippen LogP contribution in [0.4, 0.5) is 0 Å². The van der Waals surface area contributed by atoms with Crippen LogP contribution in [0, 0.1) is 0 Å². The summed E-state index contributed by atoms with van der Waals surface area (Å²) in [6.45, 7) is 11.7. The van der Waals surface area contributed by atoms with Crippen molar-refractivity contribution < 1.29 is 33.3 Å². The van der Waals surface area contributed by atoms with Crippen LogP contribution in [0.1, 0.15) is 40.5 Å². The second kappa shape index (κ2) is 13.8. The average molecular weight is 529 g/mol. The highest BCUT2D eigenvalue weighted by molar-refractivity contribution is 5.90. The fourth-order valence-corrected chi connectivity index (χ4v) is 3.58. The van der Waals surface area contributed by atoms with Gasteiger partial charge in [-0.3, -0.25) is 4.79 Å². The number of carbonyl (C=O) groups is 3. The number of ether oxygens (including phenoxy) is 4. The van der Waals surface area contributed by atoms with Gasteiger partial charge in [0.2, 0.25) is 0 Å². The Kier molecular flexibility index (Phi) is 10.2. The molecule has 0 aliphatic rings. The first kappa shape index (κ1) is 28.9. The van der Waals surface area contributed by atoms with Crippen LogP contribution in [-0.2, 0) is 14.4 Å². The van der Waals surface area contributed by atoms with E-state index in [1.54, 1.807) is 61.5 Å². The first-order valence-corrected chi connectivity index (χ1v) is 12.6. The fourth-order valence-electron chi connectivity index (χ4n) is 3.58. The maximum atomic E-state index is 12.6. The largest absolute Gasteiger partial charge is 0.493 e. The van der Waals surface area contributed by atoms with E-state index < -0.39 is 11.9 Å². The van der Waals surface area contributed by atoms with Gasteiger partial charge in [-0.1, -0.05) is 49.8 Å². The summed E-state index contributed by atoms with van der Waals surface area (Å²) in [5.41, 5.74) is 3.95. The number of carbonyl (C=O) groups excluding carboxylic acids is 3. The number of esters is 2. The highest BCUT2D eigenvalue weighted by atomic mass is 16.5. The van der Waals surface area contributed by atoms with Crippen molar-refractivity contribution in [2.45, 2.75) is 40.5 Å². The van der Waals surface area contributed by atoms with Gasteiger partial charge in [-0.2, -0.15) is 0 Å². The second-order valence-corrected chi connectivity index (χ2v) is 9.12. The Morgan fingerprint density at radius 2 is 1.38 bits per heavy atom. The van der Waals surface area contributed by atoms with Crippen molar-refractivity contribution in [1.82, 2.24) is 0 Å². The molecule has 0 bridgehead atoms. The van der Waals surface area contributed by atoms with Crippen molar-refractivity contribution in [2.24, 2.45) is 0 Å². The van der Waals surface area contributed by atoms with Crippen LogP contribution in [0.15, 0.2) is 84.5 Å². The number of hydrogen-bond acceptors (Lipinski definition) is 7. The lowest BCUT2D eigenvalue weighted by atomic mass is 9.97. The van der Waals surface area contributed by atoms with Gasteiger partial charge in [0.25, 0.3) is 6.47 Å². The summed E-state index contributed by atoms with van der Waals surface area (Å²) >= 11 is 0. The molecule has 3 aromatic rings. The lowest BCUT2D eigenvalue weighted by Gasteiger charge is -2.18. The van der Waals surface area contributed by atoms with Crippen molar-refractivity contribution in [3.05, 3.63) is 84.5 Å². The third kappa shape index (κ3) is 8.17. The van der Waals surface area contributed by atoms with E-state index in [-0.39, 0.29) is 0 Å². The van der Waals surface area contributed by atoms with Gasteiger partial charge in [0.05, 0.1) is 6.61 Å². The van der Waals surface area contributed by atoms with Crippen LogP contribution >= 0.6 is 0 Å². The minimum atomic E-state index is -0.509. The molecule has 3 aromatic carbocycles. The molecule has 7 nitrogen and oxygen atoms in total. The molecular formula is C32H32O7. The molecule has 0 fully saturated rings. The van der Waals surface area contributed by atoms with E-state index in [0.717, 1.165) is 29.5 Å². The van der Waals surface area contributed by atoms with Gasteiger partial charge in [-0.15, -0.1) is 0 Å². The summed E-state index contributed by atoms with van der Waals surface area (Å²) in [6, 6.07) is 17.4. The van der Waals surface area contributed by atoms with Crippen molar-refractivity contribution in [3.8, 4) is 45.3 Å². The van der Waals surface area contributed by atoms with Crippen LogP contribution in [-0.4, -0.2) is 25.0 Å².